The van der Waals surface area contributed by atoms with Crippen molar-refractivity contribution < 1.29 is 24.2 Å². The number of rotatable bonds is 10. The summed E-state index contributed by atoms with van der Waals surface area (Å²) in [5.41, 5.74) is 5.38. The number of epoxide rings is 1. The van der Waals surface area contributed by atoms with Crippen LogP contribution in [0.15, 0.2) is 0 Å². The van der Waals surface area contributed by atoms with Crippen LogP contribution in [-0.2, 0) is 19.1 Å². The highest BCUT2D eigenvalue weighted by Gasteiger charge is 2.51. The molecule has 0 aromatic heterocycles. The Morgan fingerprint density at radius 2 is 1.91 bits per heavy atom. The fourth-order valence-corrected chi connectivity index (χ4v) is 2.06. The van der Waals surface area contributed by atoms with E-state index in [-0.39, 0.29) is 11.8 Å². The Morgan fingerprint density at radius 3 is 2.41 bits per heavy atom. The molecule has 5 N–H and O–H groups in total. The summed E-state index contributed by atoms with van der Waals surface area (Å²) < 4.78 is 4.78. The fraction of sp³-hybridized carbons (Fsp3) is 0.786. The lowest BCUT2D eigenvalue weighted by atomic mass is 10.0. The van der Waals surface area contributed by atoms with Crippen LogP contribution in [0.5, 0.6) is 0 Å². The van der Waals surface area contributed by atoms with Gasteiger partial charge in [-0.05, 0) is 31.7 Å². The Labute approximate surface area is 129 Å². The molecule has 1 heterocycles. The highest BCUT2D eigenvalue weighted by atomic mass is 16.6. The van der Waals surface area contributed by atoms with Crippen LogP contribution < -0.4 is 16.4 Å². The van der Waals surface area contributed by atoms with Crippen LogP contribution in [0, 0.1) is 5.92 Å². The Balaban J connectivity index is 2.48. The molecular formula is C14H25N3O5. The van der Waals surface area contributed by atoms with E-state index in [0.29, 0.717) is 19.5 Å². The van der Waals surface area contributed by atoms with Gasteiger partial charge in [-0.2, -0.15) is 0 Å². The first-order valence-electron chi connectivity index (χ1n) is 7.53. The summed E-state index contributed by atoms with van der Waals surface area (Å²) in [6, 6.07) is -0.691. The van der Waals surface area contributed by atoms with E-state index in [2.05, 4.69) is 10.6 Å². The first-order chi connectivity index (χ1) is 10.4. The number of aliphatic carboxylic acids is 1. The van der Waals surface area contributed by atoms with E-state index < -0.39 is 30.1 Å². The van der Waals surface area contributed by atoms with Gasteiger partial charge in [0.25, 0.3) is 5.91 Å². The predicted octanol–water partition coefficient (Wildman–Crippen LogP) is -0.776. The minimum atomic E-state index is -1.17. The number of carbonyl (C=O) groups is 3. The summed E-state index contributed by atoms with van der Waals surface area (Å²) in [6.07, 6.45) is -0.0434. The van der Waals surface area contributed by atoms with Crippen LogP contribution in [0.2, 0.25) is 0 Å². The summed E-state index contributed by atoms with van der Waals surface area (Å²) in [5, 5.41) is 14.1. The van der Waals surface area contributed by atoms with Gasteiger partial charge in [0.05, 0.1) is 0 Å². The highest BCUT2D eigenvalue weighted by Crippen LogP contribution is 2.22. The van der Waals surface area contributed by atoms with Crippen molar-refractivity contribution in [2.24, 2.45) is 11.7 Å². The van der Waals surface area contributed by atoms with Crippen LogP contribution in [0.25, 0.3) is 0 Å². The Bertz CT molecular complexity index is 413. The molecule has 0 bridgehead atoms. The molecule has 2 amide bonds. The molecule has 1 rings (SSSR count). The molecule has 8 nitrogen and oxygen atoms in total. The maximum atomic E-state index is 12.1. The van der Waals surface area contributed by atoms with E-state index in [1.807, 2.05) is 13.8 Å². The topological polar surface area (TPSA) is 134 Å². The number of hydrogen-bond donors (Lipinski definition) is 4. The third-order valence-electron chi connectivity index (χ3n) is 3.26. The number of carbonyl (C=O) groups excluding carboxylic acids is 2. The molecule has 8 heteroatoms. The molecule has 126 valence electrons. The molecule has 0 unspecified atom stereocenters. The van der Waals surface area contributed by atoms with Gasteiger partial charge in [-0.15, -0.1) is 0 Å². The van der Waals surface area contributed by atoms with Crippen LogP contribution in [0.3, 0.4) is 0 Å². The normalized spacial score (nSPS) is 21.3. The number of ether oxygens (including phenoxy) is 1. The van der Waals surface area contributed by atoms with Crippen molar-refractivity contribution in [1.29, 1.82) is 0 Å². The lowest BCUT2D eigenvalue weighted by molar-refractivity contribution is -0.138. The van der Waals surface area contributed by atoms with Gasteiger partial charge in [-0.1, -0.05) is 13.8 Å². The van der Waals surface area contributed by atoms with Crippen molar-refractivity contribution in [3.63, 3.8) is 0 Å². The summed E-state index contributed by atoms with van der Waals surface area (Å²) in [7, 11) is 0. The molecule has 0 saturated carbocycles. The first-order valence-corrected chi connectivity index (χ1v) is 7.53. The third kappa shape index (κ3) is 5.98. The van der Waals surface area contributed by atoms with Gasteiger partial charge < -0.3 is 26.2 Å². The number of hydrogen-bond acceptors (Lipinski definition) is 5. The van der Waals surface area contributed by atoms with Crippen LogP contribution in [0.1, 0.15) is 33.1 Å². The molecule has 1 aliphatic heterocycles. The van der Waals surface area contributed by atoms with E-state index in [4.69, 9.17) is 15.6 Å². The van der Waals surface area contributed by atoms with Gasteiger partial charge in [0, 0.05) is 6.54 Å². The Kier molecular flexibility index (Phi) is 7.26. The second-order valence-electron chi connectivity index (χ2n) is 5.79. The molecule has 0 radical (unpaired) electrons. The van der Waals surface area contributed by atoms with Crippen LogP contribution in [-0.4, -0.2) is 54.2 Å². The number of carboxylic acids is 1. The van der Waals surface area contributed by atoms with Crippen LogP contribution >= 0.6 is 0 Å². The molecule has 0 spiro atoms. The van der Waals surface area contributed by atoms with Gasteiger partial charge in [-0.25, -0.2) is 4.79 Å². The molecule has 0 aliphatic carbocycles. The fourth-order valence-electron chi connectivity index (χ4n) is 2.06. The molecule has 3 atom stereocenters. The quantitative estimate of drug-likeness (QED) is 0.309. The lowest BCUT2D eigenvalue weighted by Gasteiger charge is -2.19. The molecular weight excluding hydrogens is 290 g/mol. The number of nitrogens with two attached hydrogens (primary N) is 1. The van der Waals surface area contributed by atoms with Gasteiger partial charge >= 0.3 is 5.97 Å². The van der Waals surface area contributed by atoms with Crippen molar-refractivity contribution in [1.82, 2.24) is 10.6 Å². The van der Waals surface area contributed by atoms with E-state index in [1.54, 1.807) is 0 Å². The minimum absolute atomic E-state index is 0.204. The largest absolute Gasteiger partial charge is 0.479 e. The average Bonchev–Trinajstić information content (AvgIpc) is 3.22. The number of nitrogens with one attached hydrogen (secondary N) is 2. The molecule has 22 heavy (non-hydrogen) atoms. The molecule has 0 aromatic rings. The predicted molar refractivity (Wildman–Crippen MR) is 79.0 cm³/mol. The maximum absolute atomic E-state index is 12.1. The Hall–Kier alpha value is -1.67. The standard InChI is InChI=1S/C14H25N3O5/c1-8(2)7-9(12(18)16-6-4-3-5-15)17-13(19)10-11(22-10)14(20)21/h8-11H,3-7,15H2,1-2H3,(H,16,18)(H,17,19)(H,20,21)/t9-,10-,11-/m0/s1. The van der Waals surface area contributed by atoms with E-state index >= 15 is 0 Å². The zero-order valence-corrected chi connectivity index (χ0v) is 13.0. The van der Waals surface area contributed by atoms with Crippen molar-refractivity contribution in [3.05, 3.63) is 0 Å². The van der Waals surface area contributed by atoms with Crippen molar-refractivity contribution in [2.45, 2.75) is 51.4 Å². The molecule has 1 fully saturated rings. The Morgan fingerprint density at radius 1 is 1.23 bits per heavy atom. The zero-order valence-electron chi connectivity index (χ0n) is 13.0. The van der Waals surface area contributed by atoms with Crippen molar-refractivity contribution in [2.75, 3.05) is 13.1 Å². The zero-order chi connectivity index (χ0) is 16.7. The van der Waals surface area contributed by atoms with E-state index in [9.17, 15) is 14.4 Å². The lowest BCUT2D eigenvalue weighted by Crippen LogP contribution is -2.49. The molecule has 1 saturated heterocycles. The maximum Gasteiger partial charge on any atom is 0.336 e. The highest BCUT2D eigenvalue weighted by molar-refractivity contribution is 5.95. The smallest absolute Gasteiger partial charge is 0.336 e. The average molecular weight is 315 g/mol. The third-order valence-corrected chi connectivity index (χ3v) is 3.26. The van der Waals surface area contributed by atoms with Crippen molar-refractivity contribution in [3.8, 4) is 0 Å². The number of unbranched alkanes of at least 4 members (excludes halogenated alkanes) is 1. The SMILES string of the molecule is CC(C)C[C@H](NC(=O)[C@H]1O[C@@H]1C(=O)O)C(=O)NCCCCN. The van der Waals surface area contributed by atoms with Crippen LogP contribution in [0.4, 0.5) is 0 Å². The monoisotopic (exact) mass is 315 g/mol. The summed E-state index contributed by atoms with van der Waals surface area (Å²) >= 11 is 0. The minimum Gasteiger partial charge on any atom is -0.479 e. The first kappa shape index (κ1) is 18.4. The second-order valence-corrected chi connectivity index (χ2v) is 5.79. The summed E-state index contributed by atoms with van der Waals surface area (Å²) in [5.74, 6) is -1.80. The van der Waals surface area contributed by atoms with E-state index in [1.165, 1.54) is 0 Å². The number of amides is 2. The van der Waals surface area contributed by atoms with Gasteiger partial charge in [-0.3, -0.25) is 9.59 Å². The van der Waals surface area contributed by atoms with Crippen molar-refractivity contribution >= 4 is 17.8 Å². The summed E-state index contributed by atoms with van der Waals surface area (Å²) in [6.45, 7) is 4.94. The number of carboxylic acid groups (broad SMARTS) is 1. The second kappa shape index (κ2) is 8.70. The molecule has 1 aliphatic rings. The van der Waals surface area contributed by atoms with Gasteiger partial charge in [0.2, 0.25) is 5.91 Å². The van der Waals surface area contributed by atoms with Gasteiger partial charge in [0.15, 0.2) is 12.2 Å². The van der Waals surface area contributed by atoms with E-state index in [0.717, 1.165) is 12.8 Å². The molecule has 0 aromatic carbocycles. The van der Waals surface area contributed by atoms with Gasteiger partial charge in [0.1, 0.15) is 6.04 Å². The summed E-state index contributed by atoms with van der Waals surface area (Å²) in [4.78, 5) is 34.7.